The molecule has 0 amide bonds. The Balaban J connectivity index is 2.31. The predicted molar refractivity (Wildman–Crippen MR) is 65.2 cm³/mol. The van der Waals surface area contributed by atoms with Gasteiger partial charge >= 0.3 is 0 Å². The van der Waals surface area contributed by atoms with Crippen LogP contribution >= 0.6 is 0 Å². The Hall–Kier alpha value is -1.79. The van der Waals surface area contributed by atoms with Crippen molar-refractivity contribution >= 4 is 10.9 Å². The van der Waals surface area contributed by atoms with Crippen LogP contribution in [0.3, 0.4) is 0 Å². The number of hydrogen-bond donors (Lipinski definition) is 1. The van der Waals surface area contributed by atoms with E-state index in [1.165, 1.54) is 0 Å². The molecule has 0 aliphatic heterocycles. The van der Waals surface area contributed by atoms with Crippen molar-refractivity contribution in [1.82, 2.24) is 9.88 Å². The van der Waals surface area contributed by atoms with Crippen molar-refractivity contribution in [3.63, 3.8) is 0 Å². The molecule has 0 spiro atoms. The quantitative estimate of drug-likeness (QED) is 0.790. The highest BCUT2D eigenvalue weighted by molar-refractivity contribution is 5.85. The normalized spacial score (nSPS) is 10.5. The van der Waals surface area contributed by atoms with Crippen molar-refractivity contribution in [3.8, 4) is 6.07 Å². The van der Waals surface area contributed by atoms with Crippen LogP contribution in [0.2, 0.25) is 0 Å². The monoisotopic (exact) mass is 213 g/mol. The van der Waals surface area contributed by atoms with E-state index < -0.39 is 0 Å². The second-order valence-electron chi connectivity index (χ2n) is 3.82. The molecule has 1 heterocycles. The summed E-state index contributed by atoms with van der Waals surface area (Å²) >= 11 is 0. The Bertz CT molecular complexity index is 519. The maximum absolute atomic E-state index is 8.99. The van der Waals surface area contributed by atoms with Gasteiger partial charge in [0.15, 0.2) is 0 Å². The minimum absolute atomic E-state index is 0.755. The minimum atomic E-state index is 0.755. The number of nitriles is 1. The fourth-order valence-electron chi connectivity index (χ4n) is 1.94. The molecule has 1 aromatic carbocycles. The van der Waals surface area contributed by atoms with Gasteiger partial charge in [0.2, 0.25) is 0 Å². The topological polar surface area (TPSA) is 40.8 Å². The number of nitrogens with one attached hydrogen (secondary N) is 1. The number of fused-ring (bicyclic) bond motifs is 1. The molecule has 0 unspecified atom stereocenters. The van der Waals surface area contributed by atoms with E-state index in [9.17, 15) is 0 Å². The summed E-state index contributed by atoms with van der Waals surface area (Å²) in [7, 11) is 1.96. The number of aryl methyl sites for hydroxylation is 1. The molecule has 3 nitrogen and oxygen atoms in total. The van der Waals surface area contributed by atoms with Crippen molar-refractivity contribution in [3.05, 3.63) is 36.0 Å². The summed E-state index contributed by atoms with van der Waals surface area (Å²) in [5, 5.41) is 13.2. The maximum Gasteiger partial charge on any atom is 0.0998 e. The summed E-state index contributed by atoms with van der Waals surface area (Å²) in [4.78, 5) is 0. The van der Waals surface area contributed by atoms with Crippen LogP contribution < -0.4 is 5.32 Å². The van der Waals surface area contributed by atoms with Gasteiger partial charge in [-0.25, -0.2) is 0 Å². The Morgan fingerprint density at radius 2 is 2.25 bits per heavy atom. The molecule has 0 fully saturated rings. The summed E-state index contributed by atoms with van der Waals surface area (Å²) in [6.45, 7) is 2.00. The summed E-state index contributed by atoms with van der Waals surface area (Å²) in [6, 6.07) is 10.1. The molecule has 0 aliphatic rings. The molecule has 82 valence electrons. The van der Waals surface area contributed by atoms with Crippen LogP contribution in [0.4, 0.5) is 0 Å². The Morgan fingerprint density at radius 3 is 3.00 bits per heavy atom. The lowest BCUT2D eigenvalue weighted by Gasteiger charge is -2.05. The lowest BCUT2D eigenvalue weighted by Crippen LogP contribution is -2.10. The Morgan fingerprint density at radius 1 is 1.38 bits per heavy atom. The van der Waals surface area contributed by atoms with Crippen molar-refractivity contribution in [2.24, 2.45) is 0 Å². The molecule has 0 radical (unpaired) electrons. The van der Waals surface area contributed by atoms with E-state index in [0.29, 0.717) is 0 Å². The molecule has 0 saturated carbocycles. The molecule has 0 bridgehead atoms. The molecule has 0 atom stereocenters. The number of aromatic nitrogens is 1. The third-order valence-corrected chi connectivity index (χ3v) is 2.76. The van der Waals surface area contributed by atoms with Crippen LogP contribution in [0.5, 0.6) is 0 Å². The molecule has 0 saturated heterocycles. The second kappa shape index (κ2) is 4.82. The minimum Gasteiger partial charge on any atom is -0.347 e. The second-order valence-corrected chi connectivity index (χ2v) is 3.82. The summed E-state index contributed by atoms with van der Waals surface area (Å²) in [5.41, 5.74) is 1.90. The number of benzene rings is 1. The molecule has 1 N–H and O–H groups in total. The number of rotatable bonds is 4. The van der Waals surface area contributed by atoms with Crippen LogP contribution in [-0.2, 0) is 6.54 Å². The standard InChI is InChI=1S/C13H15N3/c1-15-7-3-8-16-9-6-12-11(10-14)4-2-5-13(12)16/h2,4-6,9,15H,3,7-8H2,1H3. The van der Waals surface area contributed by atoms with Crippen molar-refractivity contribution in [1.29, 1.82) is 5.26 Å². The molecule has 0 aliphatic carbocycles. The van der Waals surface area contributed by atoms with E-state index in [2.05, 4.69) is 28.2 Å². The lowest BCUT2D eigenvalue weighted by molar-refractivity contribution is 0.627. The first-order valence-corrected chi connectivity index (χ1v) is 5.49. The first-order valence-electron chi connectivity index (χ1n) is 5.49. The Labute approximate surface area is 95.3 Å². The smallest absolute Gasteiger partial charge is 0.0998 e. The number of hydrogen-bond acceptors (Lipinski definition) is 2. The van der Waals surface area contributed by atoms with E-state index in [1.54, 1.807) is 0 Å². The van der Waals surface area contributed by atoms with Crippen molar-refractivity contribution in [2.45, 2.75) is 13.0 Å². The highest BCUT2D eigenvalue weighted by Gasteiger charge is 2.04. The van der Waals surface area contributed by atoms with E-state index in [4.69, 9.17) is 5.26 Å². The van der Waals surface area contributed by atoms with E-state index in [0.717, 1.165) is 36.0 Å². The highest BCUT2D eigenvalue weighted by atomic mass is 15.0. The predicted octanol–water partition coefficient (Wildman–Crippen LogP) is 2.12. The average Bonchev–Trinajstić information content (AvgIpc) is 2.73. The van der Waals surface area contributed by atoms with Crippen LogP contribution in [0.1, 0.15) is 12.0 Å². The third-order valence-electron chi connectivity index (χ3n) is 2.76. The fourth-order valence-corrected chi connectivity index (χ4v) is 1.94. The SMILES string of the molecule is CNCCCn1ccc2c(C#N)cccc21. The van der Waals surface area contributed by atoms with Gasteiger partial charge in [0, 0.05) is 23.6 Å². The third kappa shape index (κ3) is 1.93. The van der Waals surface area contributed by atoms with Gasteiger partial charge in [0.1, 0.15) is 0 Å². The summed E-state index contributed by atoms with van der Waals surface area (Å²) in [6.07, 6.45) is 3.15. The fraction of sp³-hybridized carbons (Fsp3) is 0.308. The van der Waals surface area contributed by atoms with Crippen LogP contribution in [-0.4, -0.2) is 18.2 Å². The van der Waals surface area contributed by atoms with E-state index in [1.807, 2.05) is 25.2 Å². The van der Waals surface area contributed by atoms with Crippen LogP contribution in [0, 0.1) is 11.3 Å². The van der Waals surface area contributed by atoms with Gasteiger partial charge in [0.05, 0.1) is 11.6 Å². The summed E-state index contributed by atoms with van der Waals surface area (Å²) in [5.74, 6) is 0. The largest absolute Gasteiger partial charge is 0.347 e. The van der Waals surface area contributed by atoms with E-state index >= 15 is 0 Å². The van der Waals surface area contributed by atoms with Gasteiger partial charge in [-0.05, 0) is 38.2 Å². The van der Waals surface area contributed by atoms with Crippen molar-refractivity contribution in [2.75, 3.05) is 13.6 Å². The molecule has 3 heteroatoms. The first-order chi connectivity index (χ1) is 7.86. The van der Waals surface area contributed by atoms with Crippen LogP contribution in [0.25, 0.3) is 10.9 Å². The Kier molecular flexibility index (Phi) is 3.23. The zero-order valence-corrected chi connectivity index (χ0v) is 9.40. The van der Waals surface area contributed by atoms with Gasteiger partial charge < -0.3 is 9.88 Å². The van der Waals surface area contributed by atoms with E-state index in [-0.39, 0.29) is 0 Å². The van der Waals surface area contributed by atoms with Gasteiger partial charge in [0.25, 0.3) is 0 Å². The molecule has 2 rings (SSSR count). The maximum atomic E-state index is 8.99. The lowest BCUT2D eigenvalue weighted by atomic mass is 10.1. The van der Waals surface area contributed by atoms with Crippen molar-refractivity contribution < 1.29 is 0 Å². The van der Waals surface area contributed by atoms with Crippen LogP contribution in [0.15, 0.2) is 30.5 Å². The van der Waals surface area contributed by atoms with Gasteiger partial charge in [-0.15, -0.1) is 0 Å². The first kappa shape index (κ1) is 10.7. The molecule has 16 heavy (non-hydrogen) atoms. The molecular formula is C13H15N3. The molecule has 2 aromatic rings. The average molecular weight is 213 g/mol. The summed E-state index contributed by atoms with van der Waals surface area (Å²) < 4.78 is 2.20. The zero-order chi connectivity index (χ0) is 11.4. The number of nitrogens with zero attached hydrogens (tertiary/aromatic N) is 2. The zero-order valence-electron chi connectivity index (χ0n) is 9.40. The molecule has 1 aromatic heterocycles. The van der Waals surface area contributed by atoms with Gasteiger partial charge in [-0.2, -0.15) is 5.26 Å². The molecular weight excluding hydrogens is 198 g/mol. The highest BCUT2D eigenvalue weighted by Crippen LogP contribution is 2.19. The van der Waals surface area contributed by atoms with Gasteiger partial charge in [-0.1, -0.05) is 6.07 Å². The van der Waals surface area contributed by atoms with Gasteiger partial charge in [-0.3, -0.25) is 0 Å².